The maximum absolute atomic E-state index is 12.3. The number of aryl methyl sites for hydroxylation is 1. The van der Waals surface area contributed by atoms with Crippen LogP contribution in [0.2, 0.25) is 0 Å². The van der Waals surface area contributed by atoms with Crippen molar-refractivity contribution in [3.63, 3.8) is 0 Å². The molecule has 26 heavy (non-hydrogen) atoms. The first-order valence-electron chi connectivity index (χ1n) is 9.24. The summed E-state index contributed by atoms with van der Waals surface area (Å²) >= 11 is 0. The minimum Gasteiger partial charge on any atom is -0.298 e. The Bertz CT molecular complexity index is 927. The van der Waals surface area contributed by atoms with E-state index >= 15 is 0 Å². The van der Waals surface area contributed by atoms with Gasteiger partial charge in [-0.05, 0) is 51.1 Å². The van der Waals surface area contributed by atoms with Crippen molar-refractivity contribution in [2.45, 2.75) is 32.7 Å². The Kier molecular flexibility index (Phi) is 4.75. The van der Waals surface area contributed by atoms with Crippen molar-refractivity contribution in [1.29, 1.82) is 0 Å². The highest BCUT2D eigenvalue weighted by Gasteiger charge is 2.16. The molecule has 6 heteroatoms. The second-order valence-corrected chi connectivity index (χ2v) is 6.85. The summed E-state index contributed by atoms with van der Waals surface area (Å²) in [6.07, 6.45) is 8.40. The Balaban J connectivity index is 1.54. The third-order valence-electron chi connectivity index (χ3n) is 4.86. The van der Waals surface area contributed by atoms with E-state index in [0.717, 1.165) is 47.5 Å². The Morgan fingerprint density at radius 3 is 2.81 bits per heavy atom. The lowest BCUT2D eigenvalue weighted by Gasteiger charge is -2.13. The molecule has 0 atom stereocenters. The normalized spacial score (nSPS) is 15.0. The van der Waals surface area contributed by atoms with E-state index in [9.17, 15) is 4.79 Å². The lowest BCUT2D eigenvalue weighted by molar-refractivity contribution is -0.119. The lowest BCUT2D eigenvalue weighted by atomic mass is 10.1. The van der Waals surface area contributed by atoms with Gasteiger partial charge in [-0.2, -0.15) is 5.10 Å². The van der Waals surface area contributed by atoms with Crippen LogP contribution in [0.5, 0.6) is 0 Å². The first kappa shape index (κ1) is 16.8. The molecule has 0 N–H and O–H groups in total. The van der Waals surface area contributed by atoms with Gasteiger partial charge in [0.1, 0.15) is 0 Å². The van der Waals surface area contributed by atoms with E-state index in [2.05, 4.69) is 21.9 Å². The summed E-state index contributed by atoms with van der Waals surface area (Å²) in [4.78, 5) is 23.7. The first-order chi connectivity index (χ1) is 12.7. The summed E-state index contributed by atoms with van der Waals surface area (Å²) in [6, 6.07) is 5.94. The predicted molar refractivity (Wildman–Crippen MR) is 101 cm³/mol. The summed E-state index contributed by atoms with van der Waals surface area (Å²) < 4.78 is 1.89. The fourth-order valence-electron chi connectivity index (χ4n) is 3.43. The number of carbonyl (C=O) groups excluding carboxylic acids is 1. The van der Waals surface area contributed by atoms with Crippen LogP contribution in [0.1, 0.15) is 25.5 Å². The quantitative estimate of drug-likeness (QED) is 0.685. The molecule has 1 fully saturated rings. The molecule has 0 radical (unpaired) electrons. The van der Waals surface area contributed by atoms with Crippen molar-refractivity contribution in [2.24, 2.45) is 0 Å². The van der Waals surface area contributed by atoms with Gasteiger partial charge in [0.15, 0.2) is 5.78 Å². The molecule has 134 valence electrons. The molecule has 6 nitrogen and oxygen atoms in total. The maximum atomic E-state index is 12.3. The largest absolute Gasteiger partial charge is 0.298 e. The molecule has 1 saturated heterocycles. The molecule has 0 aromatic carbocycles. The number of rotatable bonds is 6. The number of nitrogens with zero attached hydrogens (tertiary/aromatic N) is 5. The van der Waals surface area contributed by atoms with E-state index in [-0.39, 0.29) is 5.78 Å². The number of pyridine rings is 2. The molecule has 0 spiro atoms. The number of ketones is 1. The number of carbonyl (C=O) groups is 1. The van der Waals surface area contributed by atoms with Crippen LogP contribution in [0.3, 0.4) is 0 Å². The molecule has 1 aliphatic rings. The average molecular weight is 349 g/mol. The number of hydrogen-bond donors (Lipinski definition) is 0. The van der Waals surface area contributed by atoms with Crippen molar-refractivity contribution in [1.82, 2.24) is 24.6 Å². The zero-order chi connectivity index (χ0) is 17.9. The van der Waals surface area contributed by atoms with Crippen LogP contribution in [0.15, 0.2) is 36.8 Å². The zero-order valence-corrected chi connectivity index (χ0v) is 15.1. The van der Waals surface area contributed by atoms with Gasteiger partial charge >= 0.3 is 0 Å². The van der Waals surface area contributed by atoms with Crippen molar-refractivity contribution < 1.29 is 4.79 Å². The predicted octanol–water partition coefficient (Wildman–Crippen LogP) is 2.72. The summed E-state index contributed by atoms with van der Waals surface area (Å²) in [5.74, 6) is 0.221. The molecule has 3 aromatic rings. The smallest absolute Gasteiger partial charge is 0.152 e. The maximum Gasteiger partial charge on any atom is 0.152 e. The van der Waals surface area contributed by atoms with E-state index in [1.54, 1.807) is 6.20 Å². The molecule has 0 bridgehead atoms. The topological polar surface area (TPSA) is 63.9 Å². The lowest BCUT2D eigenvalue weighted by Crippen LogP contribution is -2.27. The molecule has 0 aliphatic carbocycles. The Hall–Kier alpha value is -2.60. The van der Waals surface area contributed by atoms with Gasteiger partial charge in [0.2, 0.25) is 0 Å². The van der Waals surface area contributed by atoms with Gasteiger partial charge in [0, 0.05) is 35.6 Å². The average Bonchev–Trinajstić information content (AvgIpc) is 3.32. The minimum atomic E-state index is 0.221. The summed E-state index contributed by atoms with van der Waals surface area (Å²) in [6.45, 7) is 5.49. The van der Waals surface area contributed by atoms with E-state index in [1.807, 2.05) is 35.3 Å². The van der Waals surface area contributed by atoms with E-state index in [4.69, 9.17) is 4.98 Å². The van der Waals surface area contributed by atoms with Crippen LogP contribution in [0.25, 0.3) is 22.2 Å². The van der Waals surface area contributed by atoms with E-state index in [0.29, 0.717) is 13.0 Å². The molecule has 0 unspecified atom stereocenters. The molecule has 4 heterocycles. The molecule has 1 aliphatic heterocycles. The first-order valence-corrected chi connectivity index (χ1v) is 9.24. The zero-order valence-electron chi connectivity index (χ0n) is 15.1. The van der Waals surface area contributed by atoms with E-state index < -0.39 is 0 Å². The third-order valence-corrected chi connectivity index (χ3v) is 4.86. The van der Waals surface area contributed by atoms with Crippen LogP contribution in [-0.2, 0) is 17.8 Å². The summed E-state index contributed by atoms with van der Waals surface area (Å²) in [5.41, 5.74) is 3.54. The fourth-order valence-corrected chi connectivity index (χ4v) is 3.43. The van der Waals surface area contributed by atoms with Crippen LogP contribution in [0, 0.1) is 0 Å². The molecule has 4 rings (SSSR count). The highest BCUT2D eigenvalue weighted by Crippen LogP contribution is 2.21. The van der Waals surface area contributed by atoms with Gasteiger partial charge in [-0.15, -0.1) is 0 Å². The monoisotopic (exact) mass is 349 g/mol. The fraction of sp³-hybridized carbons (Fsp3) is 0.400. The van der Waals surface area contributed by atoms with Crippen LogP contribution < -0.4 is 0 Å². The van der Waals surface area contributed by atoms with Crippen molar-refractivity contribution in [3.8, 4) is 11.3 Å². The number of aromatic nitrogens is 4. The SMILES string of the molecule is CCn1cc(-c2ccc3cnc(CC(=O)CN4CCCC4)cc3n2)cn1. The molecular weight excluding hydrogens is 326 g/mol. The number of hydrogen-bond acceptors (Lipinski definition) is 5. The van der Waals surface area contributed by atoms with Gasteiger partial charge < -0.3 is 0 Å². The molecule has 0 saturated carbocycles. The van der Waals surface area contributed by atoms with Crippen molar-refractivity contribution >= 4 is 16.7 Å². The second-order valence-electron chi connectivity index (χ2n) is 6.85. The van der Waals surface area contributed by atoms with Crippen LogP contribution in [0.4, 0.5) is 0 Å². The third kappa shape index (κ3) is 3.65. The van der Waals surface area contributed by atoms with Gasteiger partial charge in [0.25, 0.3) is 0 Å². The van der Waals surface area contributed by atoms with E-state index in [1.165, 1.54) is 12.8 Å². The Morgan fingerprint density at radius 2 is 2.04 bits per heavy atom. The van der Waals surface area contributed by atoms with Gasteiger partial charge in [-0.25, -0.2) is 4.98 Å². The summed E-state index contributed by atoms with van der Waals surface area (Å²) in [7, 11) is 0. The Morgan fingerprint density at radius 1 is 1.19 bits per heavy atom. The highest BCUT2D eigenvalue weighted by atomic mass is 16.1. The van der Waals surface area contributed by atoms with Gasteiger partial charge in [0.05, 0.1) is 30.4 Å². The highest BCUT2D eigenvalue weighted by molar-refractivity contribution is 5.85. The van der Waals surface area contributed by atoms with Crippen LogP contribution >= 0.6 is 0 Å². The van der Waals surface area contributed by atoms with Crippen LogP contribution in [-0.4, -0.2) is 50.1 Å². The second kappa shape index (κ2) is 7.33. The van der Waals surface area contributed by atoms with Crippen molar-refractivity contribution in [3.05, 3.63) is 42.5 Å². The molecule has 0 amide bonds. The molecular formula is C20H23N5O. The number of likely N-dealkylation sites (tertiary alicyclic amines) is 1. The summed E-state index contributed by atoms with van der Waals surface area (Å²) in [5, 5.41) is 5.29. The molecule has 3 aromatic heterocycles. The van der Waals surface area contributed by atoms with Gasteiger partial charge in [-0.1, -0.05) is 0 Å². The number of Topliss-reactive ketones (excluding diaryl/α,β-unsaturated/α-hetero) is 1. The van der Waals surface area contributed by atoms with Crippen molar-refractivity contribution in [2.75, 3.05) is 19.6 Å². The minimum absolute atomic E-state index is 0.221. The standard InChI is InChI=1S/C20H23N5O/c1-2-25-13-16(12-22-25)19-6-5-15-11-21-17(10-20(15)23-19)9-18(26)14-24-7-3-4-8-24/h5-6,10-13H,2-4,7-9,14H2,1H3. The Labute approximate surface area is 152 Å². The van der Waals surface area contributed by atoms with Gasteiger partial charge in [-0.3, -0.25) is 19.4 Å². The number of fused-ring (bicyclic) bond motifs is 1.